The molecule has 0 aliphatic carbocycles. The highest BCUT2D eigenvalue weighted by molar-refractivity contribution is 5.68. The van der Waals surface area contributed by atoms with Crippen LogP contribution < -0.4 is 0 Å². The van der Waals surface area contributed by atoms with Crippen LogP contribution >= 0.6 is 0 Å². The van der Waals surface area contributed by atoms with Gasteiger partial charge in [0.2, 0.25) is 0 Å². The summed E-state index contributed by atoms with van der Waals surface area (Å²) in [7, 11) is 0. The van der Waals surface area contributed by atoms with E-state index in [4.69, 9.17) is 10.00 Å². The zero-order chi connectivity index (χ0) is 16.0. The largest absolute Gasteiger partial charge is 0.444 e. The predicted octanol–water partition coefficient (Wildman–Crippen LogP) is 3.88. The number of carbonyl (C=O) groups is 1. The van der Waals surface area contributed by atoms with Gasteiger partial charge in [-0.05, 0) is 50.5 Å². The summed E-state index contributed by atoms with van der Waals surface area (Å²) in [6.07, 6.45) is 0.515. The Balaban J connectivity index is 0.00000106. The van der Waals surface area contributed by atoms with E-state index >= 15 is 0 Å². The molecule has 1 aliphatic rings. The minimum absolute atomic E-state index is 0.291. The number of ether oxygens (including phenoxy) is 1. The number of hydrogen-bond donors (Lipinski definition) is 0. The summed E-state index contributed by atoms with van der Waals surface area (Å²) in [4.78, 5) is 13.7. The van der Waals surface area contributed by atoms with Crippen molar-refractivity contribution in [3.63, 3.8) is 0 Å². The average molecular weight is 288 g/mol. The maximum absolute atomic E-state index is 12.0. The number of nitrogens with zero attached hydrogens (tertiary/aromatic N) is 2. The molecule has 4 heteroatoms. The minimum atomic E-state index is -0.480. The predicted molar refractivity (Wildman–Crippen MR) is 82.9 cm³/mol. The van der Waals surface area contributed by atoms with E-state index in [-0.39, 0.29) is 6.09 Å². The Bertz CT molecular complexity index is 539. The topological polar surface area (TPSA) is 53.3 Å². The van der Waals surface area contributed by atoms with Gasteiger partial charge in [-0.1, -0.05) is 19.9 Å². The summed E-state index contributed by atoms with van der Waals surface area (Å²) in [5, 5.41) is 8.91. The van der Waals surface area contributed by atoms with Gasteiger partial charge in [0.25, 0.3) is 0 Å². The second-order valence-electron chi connectivity index (χ2n) is 5.75. The second-order valence-corrected chi connectivity index (χ2v) is 5.75. The van der Waals surface area contributed by atoms with Crippen molar-refractivity contribution in [3.8, 4) is 6.07 Å². The van der Waals surface area contributed by atoms with E-state index in [1.165, 1.54) is 5.56 Å². The van der Waals surface area contributed by atoms with E-state index in [0.717, 1.165) is 12.0 Å². The maximum atomic E-state index is 12.0. The van der Waals surface area contributed by atoms with Gasteiger partial charge < -0.3 is 9.64 Å². The van der Waals surface area contributed by atoms with Crippen LogP contribution in [0.1, 0.15) is 51.3 Å². The standard InChI is InChI=1S/C15H18N2O2.C2H6/c1-15(2,3)19-14(18)17-7-6-12-5-4-11(9-16)8-13(12)10-17;1-2/h4-5,8H,6-7,10H2,1-3H3;1-2H3. The van der Waals surface area contributed by atoms with Crippen LogP contribution in [-0.2, 0) is 17.7 Å². The van der Waals surface area contributed by atoms with Crippen LogP contribution in [0.2, 0.25) is 0 Å². The van der Waals surface area contributed by atoms with Crippen molar-refractivity contribution in [1.29, 1.82) is 5.26 Å². The fourth-order valence-corrected chi connectivity index (χ4v) is 2.11. The monoisotopic (exact) mass is 288 g/mol. The highest BCUT2D eigenvalue weighted by Gasteiger charge is 2.25. The number of hydrogen-bond acceptors (Lipinski definition) is 3. The van der Waals surface area contributed by atoms with E-state index in [1.807, 2.05) is 52.8 Å². The summed E-state index contributed by atoms with van der Waals surface area (Å²) in [6, 6.07) is 7.77. The molecule has 0 radical (unpaired) electrons. The molecule has 1 heterocycles. The number of nitriles is 1. The molecule has 21 heavy (non-hydrogen) atoms. The third kappa shape index (κ3) is 4.78. The first-order valence-corrected chi connectivity index (χ1v) is 7.39. The first kappa shape index (κ1) is 17.0. The van der Waals surface area contributed by atoms with Gasteiger partial charge in [-0.25, -0.2) is 4.79 Å². The van der Waals surface area contributed by atoms with Crippen molar-refractivity contribution in [1.82, 2.24) is 4.90 Å². The number of carbonyl (C=O) groups excluding carboxylic acids is 1. The smallest absolute Gasteiger partial charge is 0.410 e. The Kier molecular flexibility index (Phi) is 5.78. The zero-order valence-electron chi connectivity index (χ0n) is 13.6. The van der Waals surface area contributed by atoms with E-state index in [0.29, 0.717) is 18.7 Å². The quantitative estimate of drug-likeness (QED) is 0.728. The number of fused-ring (bicyclic) bond motifs is 1. The van der Waals surface area contributed by atoms with Gasteiger partial charge in [-0.2, -0.15) is 5.26 Å². The first-order valence-electron chi connectivity index (χ1n) is 7.39. The summed E-state index contributed by atoms with van der Waals surface area (Å²) in [5.41, 5.74) is 2.39. The van der Waals surface area contributed by atoms with Crippen molar-refractivity contribution in [2.45, 2.75) is 53.2 Å². The van der Waals surface area contributed by atoms with Gasteiger partial charge in [0.05, 0.1) is 11.6 Å². The number of rotatable bonds is 0. The Morgan fingerprint density at radius 1 is 1.29 bits per heavy atom. The molecule has 0 aromatic heterocycles. The summed E-state index contributed by atoms with van der Waals surface area (Å²) in [6.45, 7) is 10.7. The maximum Gasteiger partial charge on any atom is 0.410 e. The van der Waals surface area contributed by atoms with Crippen molar-refractivity contribution in [2.24, 2.45) is 0 Å². The van der Waals surface area contributed by atoms with Crippen LogP contribution in [0, 0.1) is 11.3 Å². The van der Waals surface area contributed by atoms with Gasteiger partial charge in [0.15, 0.2) is 0 Å². The summed E-state index contributed by atoms with van der Waals surface area (Å²) < 4.78 is 5.37. The molecule has 0 unspecified atom stereocenters. The summed E-state index contributed by atoms with van der Waals surface area (Å²) >= 11 is 0. The molecule has 0 spiro atoms. The summed E-state index contributed by atoms with van der Waals surface area (Å²) in [5.74, 6) is 0. The van der Waals surface area contributed by atoms with Gasteiger partial charge in [0.1, 0.15) is 5.60 Å². The second kappa shape index (κ2) is 7.12. The Morgan fingerprint density at radius 3 is 2.52 bits per heavy atom. The van der Waals surface area contributed by atoms with Crippen LogP contribution in [-0.4, -0.2) is 23.1 Å². The first-order chi connectivity index (χ1) is 9.89. The molecule has 4 nitrogen and oxygen atoms in total. The molecule has 1 amide bonds. The fraction of sp³-hybridized carbons (Fsp3) is 0.529. The molecular weight excluding hydrogens is 264 g/mol. The molecule has 0 fully saturated rings. The third-order valence-electron chi connectivity index (χ3n) is 3.00. The number of amides is 1. The molecule has 1 aliphatic heterocycles. The van der Waals surface area contributed by atoms with E-state index in [1.54, 1.807) is 4.90 Å². The van der Waals surface area contributed by atoms with Crippen LogP contribution in [0.15, 0.2) is 18.2 Å². The lowest BCUT2D eigenvalue weighted by Gasteiger charge is -2.31. The highest BCUT2D eigenvalue weighted by atomic mass is 16.6. The molecule has 114 valence electrons. The molecule has 0 N–H and O–H groups in total. The van der Waals surface area contributed by atoms with E-state index in [2.05, 4.69) is 6.07 Å². The van der Waals surface area contributed by atoms with Crippen molar-refractivity contribution >= 4 is 6.09 Å². The lowest BCUT2D eigenvalue weighted by Crippen LogP contribution is -2.39. The Labute approximate surface area is 127 Å². The van der Waals surface area contributed by atoms with E-state index < -0.39 is 5.60 Å². The molecule has 0 saturated carbocycles. The van der Waals surface area contributed by atoms with E-state index in [9.17, 15) is 4.79 Å². The van der Waals surface area contributed by atoms with Crippen LogP contribution in [0.5, 0.6) is 0 Å². The fourth-order valence-electron chi connectivity index (χ4n) is 2.11. The molecular formula is C17H24N2O2. The molecule has 2 rings (SSSR count). The van der Waals surface area contributed by atoms with Crippen molar-refractivity contribution in [2.75, 3.05) is 6.54 Å². The molecule has 0 atom stereocenters. The highest BCUT2D eigenvalue weighted by Crippen LogP contribution is 2.22. The van der Waals surface area contributed by atoms with Crippen molar-refractivity contribution < 1.29 is 9.53 Å². The molecule has 0 bridgehead atoms. The minimum Gasteiger partial charge on any atom is -0.444 e. The van der Waals surface area contributed by atoms with Gasteiger partial charge >= 0.3 is 6.09 Å². The van der Waals surface area contributed by atoms with Crippen molar-refractivity contribution in [3.05, 3.63) is 34.9 Å². The van der Waals surface area contributed by atoms with Crippen LogP contribution in [0.4, 0.5) is 4.79 Å². The Morgan fingerprint density at radius 2 is 1.95 bits per heavy atom. The lowest BCUT2D eigenvalue weighted by atomic mass is 9.98. The Hall–Kier alpha value is -2.02. The molecule has 1 aromatic rings. The molecule has 1 aromatic carbocycles. The zero-order valence-corrected chi connectivity index (χ0v) is 13.6. The lowest BCUT2D eigenvalue weighted by molar-refractivity contribution is 0.0224. The van der Waals surface area contributed by atoms with Gasteiger partial charge in [-0.15, -0.1) is 0 Å². The average Bonchev–Trinajstić information content (AvgIpc) is 2.46. The normalized spacial score (nSPS) is 13.4. The van der Waals surface area contributed by atoms with Crippen LogP contribution in [0.25, 0.3) is 0 Å². The molecule has 0 saturated heterocycles. The van der Waals surface area contributed by atoms with Gasteiger partial charge in [0, 0.05) is 13.1 Å². The van der Waals surface area contributed by atoms with Crippen LogP contribution in [0.3, 0.4) is 0 Å². The number of benzene rings is 1. The third-order valence-corrected chi connectivity index (χ3v) is 3.00. The SMILES string of the molecule is CC.CC(C)(C)OC(=O)N1CCc2ccc(C#N)cc2C1. The van der Waals surface area contributed by atoms with Gasteiger partial charge in [-0.3, -0.25) is 0 Å².